The van der Waals surface area contributed by atoms with Crippen LogP contribution in [0.1, 0.15) is 56.6 Å². The number of nitrogens with one attached hydrogen (secondary N) is 2. The summed E-state index contributed by atoms with van der Waals surface area (Å²) in [5, 5.41) is 14.4. The third-order valence-electron chi connectivity index (χ3n) is 6.27. The van der Waals surface area contributed by atoms with Crippen molar-refractivity contribution in [2.24, 2.45) is 11.8 Å². The van der Waals surface area contributed by atoms with Crippen molar-refractivity contribution in [2.45, 2.75) is 45.4 Å². The van der Waals surface area contributed by atoms with Gasteiger partial charge in [-0.3, -0.25) is 9.59 Å². The van der Waals surface area contributed by atoms with E-state index in [1.165, 1.54) is 22.3 Å². The van der Waals surface area contributed by atoms with E-state index in [1.54, 1.807) is 0 Å². The van der Waals surface area contributed by atoms with Crippen molar-refractivity contribution in [2.75, 3.05) is 19.7 Å². The molecule has 1 aliphatic carbocycles. The molecule has 0 saturated heterocycles. The Hall–Kier alpha value is -3.35. The quantitative estimate of drug-likeness (QED) is 0.425. The molecule has 2 atom stereocenters. The fraction of sp³-hybridized carbons (Fsp3) is 0.444. The Morgan fingerprint density at radius 2 is 1.38 bits per heavy atom. The van der Waals surface area contributed by atoms with Gasteiger partial charge in [-0.15, -0.1) is 0 Å². The lowest BCUT2D eigenvalue weighted by atomic mass is 9.98. The van der Waals surface area contributed by atoms with Gasteiger partial charge in [0.1, 0.15) is 6.61 Å². The Bertz CT molecular complexity index is 961. The van der Waals surface area contributed by atoms with Crippen LogP contribution in [0.25, 0.3) is 11.1 Å². The summed E-state index contributed by atoms with van der Waals surface area (Å²) in [6.07, 6.45) is 1.31. The zero-order valence-electron chi connectivity index (χ0n) is 19.9. The third-order valence-corrected chi connectivity index (χ3v) is 6.27. The Morgan fingerprint density at radius 1 is 0.853 bits per heavy atom. The smallest absolute Gasteiger partial charge is 0.407 e. The number of ether oxygens (including phenoxy) is 1. The lowest BCUT2D eigenvalue weighted by Gasteiger charge is -2.16. The van der Waals surface area contributed by atoms with Crippen LogP contribution in [-0.2, 0) is 14.3 Å². The number of hydrogen-bond donors (Lipinski definition) is 3. The molecule has 0 heterocycles. The molecule has 0 fully saturated rings. The Labute approximate surface area is 200 Å². The van der Waals surface area contributed by atoms with Crippen LogP contribution in [0.4, 0.5) is 4.79 Å². The van der Waals surface area contributed by atoms with Crippen LogP contribution in [0.15, 0.2) is 48.5 Å². The van der Waals surface area contributed by atoms with E-state index in [9.17, 15) is 14.4 Å². The summed E-state index contributed by atoms with van der Waals surface area (Å²) in [6.45, 7) is 5.00. The zero-order chi connectivity index (χ0) is 24.5. The number of amides is 2. The van der Waals surface area contributed by atoms with Gasteiger partial charge < -0.3 is 20.5 Å². The summed E-state index contributed by atoms with van der Waals surface area (Å²) in [6, 6.07) is 16.4. The monoisotopic (exact) mass is 466 g/mol. The summed E-state index contributed by atoms with van der Waals surface area (Å²) < 4.78 is 5.53. The Balaban J connectivity index is 1.34. The molecule has 7 nitrogen and oxygen atoms in total. The fourth-order valence-electron chi connectivity index (χ4n) is 4.42. The van der Waals surface area contributed by atoms with Crippen LogP contribution < -0.4 is 10.6 Å². The topological polar surface area (TPSA) is 105 Å². The van der Waals surface area contributed by atoms with Gasteiger partial charge in [-0.05, 0) is 46.9 Å². The highest BCUT2D eigenvalue weighted by molar-refractivity contribution is 5.79. The van der Waals surface area contributed by atoms with Crippen molar-refractivity contribution >= 4 is 18.0 Å². The maximum absolute atomic E-state index is 12.3. The fourth-order valence-corrected chi connectivity index (χ4v) is 4.42. The number of carbonyl (C=O) groups is 3. The van der Waals surface area contributed by atoms with Crippen LogP contribution in [0.3, 0.4) is 0 Å². The molecule has 2 unspecified atom stereocenters. The minimum Gasteiger partial charge on any atom is -0.481 e. The number of benzene rings is 2. The first-order valence-electron chi connectivity index (χ1n) is 11.9. The molecule has 0 radical (unpaired) electrons. The molecule has 0 aliphatic heterocycles. The maximum atomic E-state index is 12.3. The molecular weight excluding hydrogens is 432 g/mol. The molecule has 1 aliphatic rings. The molecule has 2 amide bonds. The normalized spacial score (nSPS) is 13.9. The molecule has 3 N–H and O–H groups in total. The molecule has 0 aromatic heterocycles. The van der Waals surface area contributed by atoms with Crippen LogP contribution in [0.5, 0.6) is 0 Å². The van der Waals surface area contributed by atoms with Gasteiger partial charge >= 0.3 is 12.1 Å². The van der Waals surface area contributed by atoms with Gasteiger partial charge in [0.15, 0.2) is 0 Å². The third kappa shape index (κ3) is 7.07. The number of rotatable bonds is 12. The summed E-state index contributed by atoms with van der Waals surface area (Å²) in [5.74, 6) is -0.728. The number of alkyl carbamates (subject to hydrolysis) is 1. The van der Waals surface area contributed by atoms with Crippen molar-refractivity contribution in [3.63, 3.8) is 0 Å². The van der Waals surface area contributed by atoms with Crippen LogP contribution in [0.2, 0.25) is 0 Å². The Kier molecular flexibility index (Phi) is 9.08. The molecule has 7 heteroatoms. The highest BCUT2D eigenvalue weighted by Gasteiger charge is 2.28. The molecule has 34 heavy (non-hydrogen) atoms. The predicted molar refractivity (Wildman–Crippen MR) is 131 cm³/mol. The number of fused-ring (bicyclic) bond motifs is 3. The van der Waals surface area contributed by atoms with Gasteiger partial charge in [-0.25, -0.2) is 4.79 Å². The molecule has 0 spiro atoms. The van der Waals surface area contributed by atoms with E-state index < -0.39 is 12.1 Å². The number of hydrogen-bond acceptors (Lipinski definition) is 4. The highest BCUT2D eigenvalue weighted by atomic mass is 16.5. The lowest BCUT2D eigenvalue weighted by molar-refractivity contribution is -0.138. The van der Waals surface area contributed by atoms with E-state index in [1.807, 2.05) is 38.1 Å². The van der Waals surface area contributed by atoms with Gasteiger partial charge in [0.05, 0.1) is 0 Å². The van der Waals surface area contributed by atoms with Gasteiger partial charge in [0.2, 0.25) is 5.91 Å². The molecule has 3 rings (SSSR count). The van der Waals surface area contributed by atoms with E-state index in [0.29, 0.717) is 32.4 Å². The summed E-state index contributed by atoms with van der Waals surface area (Å²) in [5.41, 5.74) is 4.73. The van der Waals surface area contributed by atoms with Gasteiger partial charge in [-0.1, -0.05) is 62.4 Å². The Morgan fingerprint density at radius 3 is 1.97 bits per heavy atom. The molecule has 2 aromatic rings. The first-order valence-corrected chi connectivity index (χ1v) is 11.9. The molecular formula is C27H34N2O5. The van der Waals surface area contributed by atoms with Gasteiger partial charge in [0, 0.05) is 31.8 Å². The standard InChI is InChI=1S/C27H34N2O5/c1-18(15-25(30)28-13-11-19(2)16-26(31)32)12-14-29-27(33)34-17-24-22-9-5-3-7-20(22)21-8-4-6-10-23(21)24/h3-10,18-19,24H,11-17H2,1-2H3,(H,28,30)(H,29,33)(H,31,32). The van der Waals surface area contributed by atoms with Crippen molar-refractivity contribution < 1.29 is 24.2 Å². The zero-order valence-corrected chi connectivity index (χ0v) is 19.9. The minimum atomic E-state index is -0.823. The molecule has 182 valence electrons. The lowest BCUT2D eigenvalue weighted by Crippen LogP contribution is -2.30. The van der Waals surface area contributed by atoms with Gasteiger partial charge in [0.25, 0.3) is 0 Å². The van der Waals surface area contributed by atoms with Crippen LogP contribution in [-0.4, -0.2) is 42.8 Å². The van der Waals surface area contributed by atoms with E-state index in [2.05, 4.69) is 34.9 Å². The first-order chi connectivity index (χ1) is 16.3. The maximum Gasteiger partial charge on any atom is 0.407 e. The average Bonchev–Trinajstić information content (AvgIpc) is 3.11. The molecule has 0 bridgehead atoms. The van der Waals surface area contributed by atoms with Crippen molar-refractivity contribution in [1.82, 2.24) is 10.6 Å². The second-order valence-corrected chi connectivity index (χ2v) is 9.19. The van der Waals surface area contributed by atoms with Crippen LogP contribution in [0, 0.1) is 11.8 Å². The predicted octanol–water partition coefficient (Wildman–Crippen LogP) is 4.56. The van der Waals surface area contributed by atoms with E-state index in [4.69, 9.17) is 9.84 Å². The minimum absolute atomic E-state index is 0.0247. The molecule has 2 aromatic carbocycles. The summed E-state index contributed by atoms with van der Waals surface area (Å²) in [7, 11) is 0. The van der Waals surface area contributed by atoms with E-state index in [-0.39, 0.29) is 36.7 Å². The first kappa shape index (κ1) is 25.3. The number of carboxylic acids is 1. The van der Waals surface area contributed by atoms with Crippen molar-refractivity contribution in [1.29, 1.82) is 0 Å². The molecule has 0 saturated carbocycles. The van der Waals surface area contributed by atoms with Crippen molar-refractivity contribution in [3.8, 4) is 11.1 Å². The highest BCUT2D eigenvalue weighted by Crippen LogP contribution is 2.44. The van der Waals surface area contributed by atoms with Gasteiger partial charge in [-0.2, -0.15) is 0 Å². The number of aliphatic carboxylic acids is 1. The SMILES string of the molecule is CC(CCNC(=O)CC(C)CCNC(=O)OCC1c2ccccc2-c2ccccc21)CC(=O)O. The second-order valence-electron chi connectivity index (χ2n) is 9.19. The number of carbonyl (C=O) groups excluding carboxylic acids is 2. The second kappa shape index (κ2) is 12.2. The summed E-state index contributed by atoms with van der Waals surface area (Å²) >= 11 is 0. The average molecular weight is 467 g/mol. The number of carboxylic acid groups (broad SMARTS) is 1. The van der Waals surface area contributed by atoms with E-state index >= 15 is 0 Å². The van der Waals surface area contributed by atoms with Crippen LogP contribution >= 0.6 is 0 Å². The van der Waals surface area contributed by atoms with Crippen molar-refractivity contribution in [3.05, 3.63) is 59.7 Å². The van der Waals surface area contributed by atoms with E-state index in [0.717, 1.165) is 0 Å². The summed E-state index contributed by atoms with van der Waals surface area (Å²) in [4.78, 5) is 35.0. The largest absolute Gasteiger partial charge is 0.481 e.